The van der Waals surface area contributed by atoms with E-state index in [0.29, 0.717) is 5.56 Å². The predicted molar refractivity (Wildman–Crippen MR) is 74.7 cm³/mol. The Bertz CT molecular complexity index is 568. The van der Waals surface area contributed by atoms with Gasteiger partial charge in [-0.2, -0.15) is 5.10 Å². The molecule has 2 aromatic heterocycles. The van der Waals surface area contributed by atoms with Crippen LogP contribution in [0.2, 0.25) is 0 Å². The molecule has 0 spiro atoms. The minimum atomic E-state index is -0.0622. The number of hydrogen-bond donors (Lipinski definition) is 2. The molecule has 0 saturated carbocycles. The van der Waals surface area contributed by atoms with Gasteiger partial charge in [-0.25, -0.2) is 0 Å². The number of nitrogens with one attached hydrogen (secondary N) is 2. The van der Waals surface area contributed by atoms with Crippen LogP contribution in [0.5, 0.6) is 0 Å². The molecule has 0 aromatic carbocycles. The van der Waals surface area contributed by atoms with E-state index in [1.807, 2.05) is 13.0 Å². The van der Waals surface area contributed by atoms with Gasteiger partial charge in [0.2, 0.25) is 0 Å². The molecule has 3 rings (SSSR count). The zero-order valence-corrected chi connectivity index (χ0v) is 11.4. The topological polar surface area (TPSA) is 74.2 Å². The first-order valence-corrected chi connectivity index (χ1v) is 6.82. The summed E-state index contributed by atoms with van der Waals surface area (Å²) in [6, 6.07) is 3.94. The number of rotatable bonds is 3. The van der Waals surface area contributed by atoms with Gasteiger partial charge in [0.1, 0.15) is 6.26 Å². The Morgan fingerprint density at radius 2 is 2.30 bits per heavy atom. The fourth-order valence-corrected chi connectivity index (χ4v) is 2.48. The van der Waals surface area contributed by atoms with Crippen molar-refractivity contribution in [3.8, 4) is 0 Å². The number of amides is 1. The molecule has 20 heavy (non-hydrogen) atoms. The van der Waals surface area contributed by atoms with Gasteiger partial charge in [0.25, 0.3) is 5.91 Å². The first kappa shape index (κ1) is 12.8. The summed E-state index contributed by atoms with van der Waals surface area (Å²) in [6.07, 6.45) is 4.83. The van der Waals surface area contributed by atoms with E-state index >= 15 is 0 Å². The van der Waals surface area contributed by atoms with E-state index in [0.717, 1.165) is 37.4 Å². The van der Waals surface area contributed by atoms with E-state index in [-0.39, 0.29) is 11.9 Å². The molecule has 6 heteroatoms. The molecule has 2 aromatic rings. The van der Waals surface area contributed by atoms with Gasteiger partial charge in [-0.05, 0) is 25.8 Å². The highest BCUT2D eigenvalue weighted by Gasteiger charge is 2.22. The maximum atomic E-state index is 11.9. The van der Waals surface area contributed by atoms with Crippen molar-refractivity contribution in [3.63, 3.8) is 0 Å². The molecular weight excluding hydrogens is 256 g/mol. The lowest BCUT2D eigenvalue weighted by Gasteiger charge is -2.32. The lowest BCUT2D eigenvalue weighted by atomic mass is 10.0. The van der Waals surface area contributed by atoms with Crippen molar-refractivity contribution >= 4 is 11.7 Å². The Morgan fingerprint density at radius 1 is 1.50 bits per heavy atom. The molecule has 1 amide bonds. The van der Waals surface area contributed by atoms with Crippen LogP contribution in [0.3, 0.4) is 0 Å². The van der Waals surface area contributed by atoms with Gasteiger partial charge in [-0.1, -0.05) is 0 Å². The highest BCUT2D eigenvalue weighted by Crippen LogP contribution is 2.18. The third-order valence-corrected chi connectivity index (χ3v) is 3.63. The number of nitrogens with zero attached hydrogens (tertiary/aromatic N) is 2. The maximum Gasteiger partial charge on any atom is 0.254 e. The van der Waals surface area contributed by atoms with E-state index < -0.39 is 0 Å². The third-order valence-electron chi connectivity index (χ3n) is 3.63. The van der Waals surface area contributed by atoms with Crippen LogP contribution in [-0.4, -0.2) is 35.2 Å². The molecule has 1 fully saturated rings. The zero-order valence-electron chi connectivity index (χ0n) is 11.4. The second-order valence-corrected chi connectivity index (χ2v) is 5.16. The van der Waals surface area contributed by atoms with Crippen molar-refractivity contribution in [3.05, 3.63) is 35.9 Å². The monoisotopic (exact) mass is 274 g/mol. The molecule has 0 bridgehead atoms. The minimum Gasteiger partial charge on any atom is -0.472 e. The molecule has 2 N–H and O–H groups in total. The first-order chi connectivity index (χ1) is 9.72. The van der Waals surface area contributed by atoms with Crippen molar-refractivity contribution < 1.29 is 9.21 Å². The molecule has 0 unspecified atom stereocenters. The van der Waals surface area contributed by atoms with E-state index in [2.05, 4.69) is 20.4 Å². The highest BCUT2D eigenvalue weighted by atomic mass is 16.3. The number of furan rings is 1. The normalized spacial score (nSPS) is 16.4. The van der Waals surface area contributed by atoms with Crippen molar-refractivity contribution in [1.29, 1.82) is 0 Å². The number of anilines is 1. The van der Waals surface area contributed by atoms with Gasteiger partial charge in [0.15, 0.2) is 5.82 Å². The summed E-state index contributed by atoms with van der Waals surface area (Å²) in [5, 5.41) is 10.3. The summed E-state index contributed by atoms with van der Waals surface area (Å²) in [5.74, 6) is 0.926. The summed E-state index contributed by atoms with van der Waals surface area (Å²) >= 11 is 0. The summed E-state index contributed by atoms with van der Waals surface area (Å²) in [6.45, 7) is 3.80. The van der Waals surface area contributed by atoms with Gasteiger partial charge >= 0.3 is 0 Å². The molecule has 0 atom stereocenters. The molecular formula is C14H18N4O2. The summed E-state index contributed by atoms with van der Waals surface area (Å²) in [7, 11) is 0. The Hall–Kier alpha value is -2.24. The Labute approximate surface area is 117 Å². The fraction of sp³-hybridized carbons (Fsp3) is 0.429. The quantitative estimate of drug-likeness (QED) is 0.893. The zero-order chi connectivity index (χ0) is 13.9. The van der Waals surface area contributed by atoms with Crippen LogP contribution in [0.4, 0.5) is 5.82 Å². The van der Waals surface area contributed by atoms with Crippen molar-refractivity contribution in [2.75, 3.05) is 18.0 Å². The number of aryl methyl sites for hydroxylation is 1. The molecule has 3 heterocycles. The van der Waals surface area contributed by atoms with Gasteiger partial charge in [0.05, 0.1) is 11.8 Å². The van der Waals surface area contributed by atoms with Crippen molar-refractivity contribution in [2.45, 2.75) is 25.8 Å². The standard InChI is InChI=1S/C14H18N4O2/c1-10-8-13(17-16-10)18-5-2-12(3-6-18)15-14(19)11-4-7-20-9-11/h4,7-9,12H,2-3,5-6H2,1H3,(H,15,19)(H,16,17). The number of H-pyrrole nitrogens is 1. The van der Waals surface area contributed by atoms with Crippen LogP contribution in [-0.2, 0) is 0 Å². The number of hydrogen-bond acceptors (Lipinski definition) is 4. The minimum absolute atomic E-state index is 0.0622. The first-order valence-electron chi connectivity index (χ1n) is 6.82. The number of aromatic nitrogens is 2. The van der Waals surface area contributed by atoms with Gasteiger partial charge < -0.3 is 14.6 Å². The number of piperidine rings is 1. The molecule has 1 saturated heterocycles. The summed E-state index contributed by atoms with van der Waals surface area (Å²) in [5.41, 5.74) is 1.64. The SMILES string of the molecule is Cc1cc(N2CCC(NC(=O)c3ccoc3)CC2)n[nH]1. The average Bonchev–Trinajstić information content (AvgIpc) is 3.10. The molecule has 0 radical (unpaired) electrons. The fourth-order valence-electron chi connectivity index (χ4n) is 2.48. The summed E-state index contributed by atoms with van der Waals surface area (Å²) < 4.78 is 4.92. The number of carbonyl (C=O) groups excluding carboxylic acids is 1. The number of carbonyl (C=O) groups is 1. The van der Waals surface area contributed by atoms with E-state index in [9.17, 15) is 4.79 Å². The second kappa shape index (κ2) is 5.40. The Morgan fingerprint density at radius 3 is 2.90 bits per heavy atom. The van der Waals surface area contributed by atoms with Crippen LogP contribution >= 0.6 is 0 Å². The van der Waals surface area contributed by atoms with Crippen LogP contribution in [0, 0.1) is 6.92 Å². The van der Waals surface area contributed by atoms with Gasteiger partial charge in [-0.15, -0.1) is 0 Å². The average molecular weight is 274 g/mol. The van der Waals surface area contributed by atoms with Crippen LogP contribution in [0.15, 0.2) is 29.1 Å². The molecule has 0 aliphatic carbocycles. The van der Waals surface area contributed by atoms with Gasteiger partial charge in [0, 0.05) is 30.9 Å². The molecule has 106 valence electrons. The maximum absolute atomic E-state index is 11.9. The lowest BCUT2D eigenvalue weighted by Crippen LogP contribution is -2.44. The van der Waals surface area contributed by atoms with E-state index in [4.69, 9.17) is 4.42 Å². The smallest absolute Gasteiger partial charge is 0.254 e. The van der Waals surface area contributed by atoms with Crippen LogP contribution in [0.25, 0.3) is 0 Å². The number of aromatic amines is 1. The van der Waals surface area contributed by atoms with E-state index in [1.165, 1.54) is 12.5 Å². The van der Waals surface area contributed by atoms with Crippen LogP contribution < -0.4 is 10.2 Å². The van der Waals surface area contributed by atoms with E-state index in [1.54, 1.807) is 6.07 Å². The van der Waals surface area contributed by atoms with Gasteiger partial charge in [-0.3, -0.25) is 9.89 Å². The third kappa shape index (κ3) is 2.68. The molecule has 6 nitrogen and oxygen atoms in total. The molecule has 1 aliphatic rings. The Balaban J connectivity index is 1.52. The highest BCUT2D eigenvalue weighted by molar-refractivity contribution is 5.93. The Kier molecular flexibility index (Phi) is 3.45. The molecule has 1 aliphatic heterocycles. The largest absolute Gasteiger partial charge is 0.472 e. The van der Waals surface area contributed by atoms with Crippen molar-refractivity contribution in [2.24, 2.45) is 0 Å². The van der Waals surface area contributed by atoms with Crippen LogP contribution in [0.1, 0.15) is 28.9 Å². The lowest BCUT2D eigenvalue weighted by molar-refractivity contribution is 0.0930. The summed E-state index contributed by atoms with van der Waals surface area (Å²) in [4.78, 5) is 14.2. The second-order valence-electron chi connectivity index (χ2n) is 5.16. The van der Waals surface area contributed by atoms with Crippen molar-refractivity contribution in [1.82, 2.24) is 15.5 Å². The predicted octanol–water partition coefficient (Wildman–Crippen LogP) is 1.71.